The summed E-state index contributed by atoms with van der Waals surface area (Å²) < 4.78 is 0. The van der Waals surface area contributed by atoms with E-state index in [0.29, 0.717) is 5.41 Å². The Balaban J connectivity index is 2.82. The molecule has 0 heterocycles. The fourth-order valence-corrected chi connectivity index (χ4v) is 1.86. The second-order valence-corrected chi connectivity index (χ2v) is 3.57. The molecule has 60 valence electrons. The Morgan fingerprint density at radius 2 is 2.45 bits per heavy atom. The van der Waals surface area contributed by atoms with Crippen molar-refractivity contribution in [2.45, 2.75) is 39.5 Å². The lowest BCUT2D eigenvalue weighted by molar-refractivity contribution is 0.395. The average molecular weight is 149 g/mol. The van der Waals surface area contributed by atoms with Crippen molar-refractivity contribution in [1.29, 1.82) is 5.26 Å². The molecule has 0 bridgehead atoms. The van der Waals surface area contributed by atoms with E-state index in [1.54, 1.807) is 6.08 Å². The molecule has 0 spiro atoms. The van der Waals surface area contributed by atoms with Gasteiger partial charge in [0, 0.05) is 6.08 Å². The zero-order valence-electron chi connectivity index (χ0n) is 7.35. The predicted molar refractivity (Wildman–Crippen MR) is 45.9 cm³/mol. The molecule has 1 nitrogen and oxygen atoms in total. The Morgan fingerprint density at radius 1 is 1.73 bits per heavy atom. The SMILES string of the molecule is CC[C@@]1(C)CCC/C1=C\C#N. The Morgan fingerprint density at radius 3 is 3.00 bits per heavy atom. The lowest BCUT2D eigenvalue weighted by atomic mass is 9.82. The van der Waals surface area contributed by atoms with Gasteiger partial charge in [-0.05, 0) is 31.1 Å². The van der Waals surface area contributed by atoms with Crippen LogP contribution in [0.3, 0.4) is 0 Å². The van der Waals surface area contributed by atoms with E-state index in [1.807, 2.05) is 0 Å². The first-order chi connectivity index (χ1) is 5.23. The molecule has 0 aromatic rings. The van der Waals surface area contributed by atoms with Crippen LogP contribution >= 0.6 is 0 Å². The quantitative estimate of drug-likeness (QED) is 0.526. The molecule has 1 aliphatic carbocycles. The maximum Gasteiger partial charge on any atom is 0.0911 e. The van der Waals surface area contributed by atoms with Crippen molar-refractivity contribution >= 4 is 0 Å². The highest BCUT2D eigenvalue weighted by molar-refractivity contribution is 5.23. The summed E-state index contributed by atoms with van der Waals surface area (Å²) in [6.45, 7) is 4.47. The molecule has 0 aliphatic heterocycles. The first kappa shape index (κ1) is 8.33. The Labute approximate surface area is 68.7 Å². The van der Waals surface area contributed by atoms with E-state index in [4.69, 9.17) is 5.26 Å². The third kappa shape index (κ3) is 1.45. The summed E-state index contributed by atoms with van der Waals surface area (Å²) in [7, 11) is 0. The monoisotopic (exact) mass is 149 g/mol. The van der Waals surface area contributed by atoms with Gasteiger partial charge >= 0.3 is 0 Å². The third-order valence-electron chi connectivity index (χ3n) is 2.97. The van der Waals surface area contributed by atoms with Crippen LogP contribution in [-0.4, -0.2) is 0 Å². The Hall–Kier alpha value is -0.770. The molecule has 0 amide bonds. The second-order valence-electron chi connectivity index (χ2n) is 3.57. The summed E-state index contributed by atoms with van der Waals surface area (Å²) in [5.41, 5.74) is 1.71. The number of hydrogen-bond acceptors (Lipinski definition) is 1. The van der Waals surface area contributed by atoms with E-state index in [9.17, 15) is 0 Å². The number of hydrogen-bond donors (Lipinski definition) is 0. The minimum Gasteiger partial charge on any atom is -0.193 e. The summed E-state index contributed by atoms with van der Waals surface area (Å²) in [6.07, 6.45) is 6.57. The highest BCUT2D eigenvalue weighted by Gasteiger charge is 2.31. The van der Waals surface area contributed by atoms with Crippen LogP contribution in [0.25, 0.3) is 0 Å². The van der Waals surface area contributed by atoms with Gasteiger partial charge in [0.2, 0.25) is 0 Å². The van der Waals surface area contributed by atoms with Crippen molar-refractivity contribution in [2.75, 3.05) is 0 Å². The van der Waals surface area contributed by atoms with Gasteiger partial charge in [-0.25, -0.2) is 0 Å². The van der Waals surface area contributed by atoms with Crippen LogP contribution in [0.1, 0.15) is 39.5 Å². The molecule has 1 aliphatic rings. The fourth-order valence-electron chi connectivity index (χ4n) is 1.86. The minimum atomic E-state index is 0.343. The van der Waals surface area contributed by atoms with Crippen LogP contribution in [0.15, 0.2) is 11.6 Å². The van der Waals surface area contributed by atoms with Crippen LogP contribution in [0.5, 0.6) is 0 Å². The molecule has 0 aromatic heterocycles. The predicted octanol–water partition coefficient (Wildman–Crippen LogP) is 3.04. The van der Waals surface area contributed by atoms with Crippen molar-refractivity contribution in [2.24, 2.45) is 5.41 Å². The van der Waals surface area contributed by atoms with Gasteiger partial charge in [0.1, 0.15) is 0 Å². The maximum atomic E-state index is 8.53. The molecule has 0 radical (unpaired) electrons. The molecule has 1 heteroatoms. The first-order valence-corrected chi connectivity index (χ1v) is 4.32. The van der Waals surface area contributed by atoms with E-state index in [-0.39, 0.29) is 0 Å². The van der Waals surface area contributed by atoms with E-state index in [0.717, 1.165) is 6.42 Å². The summed E-state index contributed by atoms with van der Waals surface area (Å²) in [4.78, 5) is 0. The molecule has 1 saturated carbocycles. The van der Waals surface area contributed by atoms with Gasteiger partial charge in [0.15, 0.2) is 0 Å². The zero-order valence-corrected chi connectivity index (χ0v) is 7.35. The van der Waals surface area contributed by atoms with Crippen molar-refractivity contribution in [1.82, 2.24) is 0 Å². The number of rotatable bonds is 1. The van der Waals surface area contributed by atoms with Gasteiger partial charge in [-0.3, -0.25) is 0 Å². The molecule has 0 aromatic carbocycles. The molecular weight excluding hydrogens is 134 g/mol. The standard InChI is InChI=1S/C10H15N/c1-3-10(2)7-4-5-9(10)6-8-11/h6H,3-5,7H2,1-2H3/b9-6+/t10-/m0/s1. The number of allylic oxidation sites excluding steroid dienone is 2. The normalized spacial score (nSPS) is 34.1. The minimum absolute atomic E-state index is 0.343. The van der Waals surface area contributed by atoms with Crippen molar-refractivity contribution in [3.63, 3.8) is 0 Å². The summed E-state index contributed by atoms with van der Waals surface area (Å²) in [5.74, 6) is 0. The number of nitrogens with zero attached hydrogens (tertiary/aromatic N) is 1. The largest absolute Gasteiger partial charge is 0.193 e. The van der Waals surface area contributed by atoms with Crippen LogP contribution in [0, 0.1) is 16.7 Å². The van der Waals surface area contributed by atoms with Crippen LogP contribution in [0.2, 0.25) is 0 Å². The average Bonchev–Trinajstić information content (AvgIpc) is 2.35. The fraction of sp³-hybridized carbons (Fsp3) is 0.700. The van der Waals surface area contributed by atoms with Crippen molar-refractivity contribution in [3.05, 3.63) is 11.6 Å². The van der Waals surface area contributed by atoms with E-state index >= 15 is 0 Å². The van der Waals surface area contributed by atoms with Crippen LogP contribution in [-0.2, 0) is 0 Å². The van der Waals surface area contributed by atoms with E-state index < -0.39 is 0 Å². The lowest BCUT2D eigenvalue weighted by Crippen LogP contribution is -2.11. The Bertz CT molecular complexity index is 209. The maximum absolute atomic E-state index is 8.53. The van der Waals surface area contributed by atoms with Crippen LogP contribution < -0.4 is 0 Å². The molecule has 0 saturated heterocycles. The highest BCUT2D eigenvalue weighted by atomic mass is 14.4. The van der Waals surface area contributed by atoms with Crippen molar-refractivity contribution < 1.29 is 0 Å². The smallest absolute Gasteiger partial charge is 0.0911 e. The molecule has 1 atom stereocenters. The van der Waals surface area contributed by atoms with Gasteiger partial charge in [-0.15, -0.1) is 0 Å². The molecule has 11 heavy (non-hydrogen) atoms. The van der Waals surface area contributed by atoms with Gasteiger partial charge in [0.05, 0.1) is 6.07 Å². The van der Waals surface area contributed by atoms with E-state index in [1.165, 1.54) is 24.8 Å². The first-order valence-electron chi connectivity index (χ1n) is 4.32. The second kappa shape index (κ2) is 3.09. The summed E-state index contributed by atoms with van der Waals surface area (Å²) in [6, 6.07) is 2.14. The molecule has 1 rings (SSSR count). The highest BCUT2D eigenvalue weighted by Crippen LogP contribution is 2.44. The molecule has 1 fully saturated rings. The third-order valence-corrected chi connectivity index (χ3v) is 2.97. The lowest BCUT2D eigenvalue weighted by Gasteiger charge is -2.23. The van der Waals surface area contributed by atoms with Gasteiger partial charge in [0.25, 0.3) is 0 Å². The summed E-state index contributed by atoms with van der Waals surface area (Å²) in [5, 5.41) is 8.53. The summed E-state index contributed by atoms with van der Waals surface area (Å²) >= 11 is 0. The zero-order chi connectivity index (χ0) is 8.32. The van der Waals surface area contributed by atoms with Crippen LogP contribution in [0.4, 0.5) is 0 Å². The van der Waals surface area contributed by atoms with Gasteiger partial charge < -0.3 is 0 Å². The Kier molecular flexibility index (Phi) is 2.34. The topological polar surface area (TPSA) is 23.8 Å². The number of nitriles is 1. The molecule has 0 N–H and O–H groups in total. The van der Waals surface area contributed by atoms with Gasteiger partial charge in [-0.2, -0.15) is 5.26 Å². The van der Waals surface area contributed by atoms with Gasteiger partial charge in [-0.1, -0.05) is 19.4 Å². The molecule has 0 unspecified atom stereocenters. The van der Waals surface area contributed by atoms with Crippen molar-refractivity contribution in [3.8, 4) is 6.07 Å². The van der Waals surface area contributed by atoms with E-state index in [2.05, 4.69) is 19.9 Å². The molecular formula is C10H15N.